The van der Waals surface area contributed by atoms with E-state index in [4.69, 9.17) is 0 Å². The molecule has 2 aromatic rings. The number of nitrogens with zero attached hydrogens (tertiary/aromatic N) is 3. The van der Waals surface area contributed by atoms with Crippen molar-refractivity contribution in [3.05, 3.63) is 34.4 Å². The van der Waals surface area contributed by atoms with E-state index in [1.165, 1.54) is 0 Å². The lowest BCUT2D eigenvalue weighted by molar-refractivity contribution is 0.0946. The van der Waals surface area contributed by atoms with Crippen LogP contribution in [-0.2, 0) is 6.54 Å². The molecule has 1 N–H and O–H groups in total. The summed E-state index contributed by atoms with van der Waals surface area (Å²) in [6.07, 6.45) is 6.49. The van der Waals surface area contributed by atoms with Gasteiger partial charge in [-0.1, -0.05) is 33.1 Å². The van der Waals surface area contributed by atoms with Crippen LogP contribution >= 0.6 is 0 Å². The number of unbranched alkanes of at least 4 members (excludes halogenated alkanes) is 3. The van der Waals surface area contributed by atoms with E-state index < -0.39 is 5.91 Å². The third-order valence-corrected chi connectivity index (χ3v) is 3.72. The highest BCUT2D eigenvalue weighted by molar-refractivity contribution is 5.93. The zero-order valence-electron chi connectivity index (χ0n) is 13.8. The molecule has 0 aromatic carbocycles. The average molecular weight is 316 g/mol. The molecule has 2 rings (SSSR count). The van der Waals surface area contributed by atoms with Gasteiger partial charge in [-0.3, -0.25) is 14.2 Å². The summed E-state index contributed by atoms with van der Waals surface area (Å²) in [7, 11) is 0. The van der Waals surface area contributed by atoms with E-state index >= 15 is 0 Å². The molecule has 2 heterocycles. The molecule has 0 bridgehead atoms. The van der Waals surface area contributed by atoms with E-state index in [9.17, 15) is 9.59 Å². The quantitative estimate of drug-likeness (QED) is 0.759. The second kappa shape index (κ2) is 8.41. The van der Waals surface area contributed by atoms with Crippen LogP contribution in [0.2, 0.25) is 0 Å². The fourth-order valence-electron chi connectivity index (χ4n) is 2.41. The minimum atomic E-state index is -0.401. The molecule has 23 heavy (non-hydrogen) atoms. The molecule has 0 aliphatic heterocycles. The van der Waals surface area contributed by atoms with Crippen molar-refractivity contribution in [2.75, 3.05) is 6.54 Å². The number of aryl methyl sites for hydroxylation is 1. The molecule has 6 nitrogen and oxygen atoms in total. The molecule has 6 heteroatoms. The smallest absolute Gasteiger partial charge is 0.283 e. The maximum absolute atomic E-state index is 12.6. The molecule has 0 spiro atoms. The summed E-state index contributed by atoms with van der Waals surface area (Å²) in [5, 5.41) is 2.79. The SMILES string of the molecule is CCCCCNC(=O)c1nc2cccnc2n(CCCC)c1=O. The fourth-order valence-corrected chi connectivity index (χ4v) is 2.41. The van der Waals surface area contributed by atoms with Crippen molar-refractivity contribution in [2.24, 2.45) is 0 Å². The molecule has 1 amide bonds. The van der Waals surface area contributed by atoms with Crippen molar-refractivity contribution in [3.63, 3.8) is 0 Å². The molecule has 0 saturated heterocycles. The number of fused-ring (bicyclic) bond motifs is 1. The number of carbonyl (C=O) groups is 1. The van der Waals surface area contributed by atoms with Crippen LogP contribution in [0.5, 0.6) is 0 Å². The monoisotopic (exact) mass is 316 g/mol. The Morgan fingerprint density at radius 3 is 2.74 bits per heavy atom. The fraction of sp³-hybridized carbons (Fsp3) is 0.529. The number of pyridine rings is 1. The lowest BCUT2D eigenvalue weighted by Crippen LogP contribution is -2.35. The summed E-state index contributed by atoms with van der Waals surface area (Å²) in [4.78, 5) is 33.4. The zero-order valence-corrected chi connectivity index (χ0v) is 13.8. The zero-order chi connectivity index (χ0) is 16.7. The number of aromatic nitrogens is 3. The molecule has 124 valence electrons. The normalized spacial score (nSPS) is 10.9. The Bertz CT molecular complexity index is 724. The highest BCUT2D eigenvalue weighted by Crippen LogP contribution is 2.08. The van der Waals surface area contributed by atoms with Gasteiger partial charge < -0.3 is 5.32 Å². The summed E-state index contributed by atoms with van der Waals surface area (Å²) in [6.45, 7) is 5.27. The second-order valence-corrected chi connectivity index (χ2v) is 5.58. The Hall–Kier alpha value is -2.24. The van der Waals surface area contributed by atoms with Crippen molar-refractivity contribution in [1.29, 1.82) is 0 Å². The van der Waals surface area contributed by atoms with Gasteiger partial charge in [-0.15, -0.1) is 0 Å². The minimum Gasteiger partial charge on any atom is -0.351 e. The maximum Gasteiger partial charge on any atom is 0.283 e. The molecular formula is C17H24N4O2. The molecule has 2 aromatic heterocycles. The van der Waals surface area contributed by atoms with Crippen LogP contribution in [0.4, 0.5) is 0 Å². The van der Waals surface area contributed by atoms with Gasteiger partial charge in [0.25, 0.3) is 11.5 Å². The Balaban J connectivity index is 2.34. The largest absolute Gasteiger partial charge is 0.351 e. The van der Waals surface area contributed by atoms with Crippen molar-refractivity contribution < 1.29 is 4.79 Å². The van der Waals surface area contributed by atoms with Crippen molar-refractivity contribution >= 4 is 17.1 Å². The predicted octanol–water partition coefficient (Wildman–Crippen LogP) is 2.51. The minimum absolute atomic E-state index is 0.0434. The van der Waals surface area contributed by atoms with Gasteiger partial charge in [0.05, 0.1) is 0 Å². The molecule has 0 aliphatic rings. The van der Waals surface area contributed by atoms with Gasteiger partial charge in [-0.05, 0) is 25.0 Å². The Morgan fingerprint density at radius 1 is 1.22 bits per heavy atom. The van der Waals surface area contributed by atoms with E-state index in [2.05, 4.69) is 29.1 Å². The van der Waals surface area contributed by atoms with E-state index in [0.29, 0.717) is 24.3 Å². The summed E-state index contributed by atoms with van der Waals surface area (Å²) < 4.78 is 1.56. The molecular weight excluding hydrogens is 292 g/mol. The summed E-state index contributed by atoms with van der Waals surface area (Å²) in [5.74, 6) is -0.401. The van der Waals surface area contributed by atoms with E-state index in [1.807, 2.05) is 0 Å². The molecule has 0 fully saturated rings. The number of rotatable bonds is 8. The topological polar surface area (TPSA) is 76.9 Å². The van der Waals surface area contributed by atoms with Crippen LogP contribution in [0, 0.1) is 0 Å². The Morgan fingerprint density at radius 2 is 2.00 bits per heavy atom. The first-order chi connectivity index (χ1) is 11.2. The third kappa shape index (κ3) is 4.15. The van der Waals surface area contributed by atoms with Gasteiger partial charge in [0.15, 0.2) is 11.3 Å². The molecule has 0 aliphatic carbocycles. The van der Waals surface area contributed by atoms with Crippen molar-refractivity contribution in [3.8, 4) is 0 Å². The number of nitrogens with one attached hydrogen (secondary N) is 1. The van der Waals surface area contributed by atoms with E-state index in [1.54, 1.807) is 22.9 Å². The van der Waals surface area contributed by atoms with Gasteiger partial charge in [-0.25, -0.2) is 9.97 Å². The molecule has 0 unspecified atom stereocenters. The first-order valence-corrected chi connectivity index (χ1v) is 8.32. The highest BCUT2D eigenvalue weighted by atomic mass is 16.2. The molecule has 0 atom stereocenters. The predicted molar refractivity (Wildman–Crippen MR) is 90.6 cm³/mol. The number of hydrogen-bond acceptors (Lipinski definition) is 4. The third-order valence-electron chi connectivity index (χ3n) is 3.72. The van der Waals surface area contributed by atoms with Crippen molar-refractivity contribution in [1.82, 2.24) is 19.9 Å². The van der Waals surface area contributed by atoms with Gasteiger partial charge in [-0.2, -0.15) is 0 Å². The second-order valence-electron chi connectivity index (χ2n) is 5.58. The lowest BCUT2D eigenvalue weighted by Gasteiger charge is -2.11. The number of amides is 1. The highest BCUT2D eigenvalue weighted by Gasteiger charge is 2.17. The average Bonchev–Trinajstić information content (AvgIpc) is 2.57. The molecule has 0 saturated carbocycles. The van der Waals surface area contributed by atoms with Crippen LogP contribution in [0.25, 0.3) is 11.2 Å². The van der Waals surface area contributed by atoms with Gasteiger partial charge >= 0.3 is 0 Å². The first kappa shape index (κ1) is 17.1. The first-order valence-electron chi connectivity index (χ1n) is 8.32. The summed E-state index contributed by atoms with van der Waals surface area (Å²) in [5.41, 5.74) is 0.700. The number of carbonyl (C=O) groups excluding carboxylic acids is 1. The van der Waals surface area contributed by atoms with Crippen molar-refractivity contribution in [2.45, 2.75) is 52.5 Å². The van der Waals surface area contributed by atoms with Gasteiger partial charge in [0.2, 0.25) is 0 Å². The van der Waals surface area contributed by atoms with Crippen LogP contribution in [0.1, 0.15) is 56.4 Å². The van der Waals surface area contributed by atoms with Crippen LogP contribution in [0.3, 0.4) is 0 Å². The Labute approximate surface area is 136 Å². The van der Waals surface area contributed by atoms with Gasteiger partial charge in [0, 0.05) is 19.3 Å². The molecule has 0 radical (unpaired) electrons. The van der Waals surface area contributed by atoms with Gasteiger partial charge in [0.1, 0.15) is 5.52 Å². The summed E-state index contributed by atoms with van der Waals surface area (Å²) in [6, 6.07) is 3.53. The standard InChI is InChI=1S/C17H24N4O2/c1-3-5-7-10-19-16(22)14-17(23)21(12-6-4-2)15-13(20-14)9-8-11-18-15/h8-9,11H,3-7,10,12H2,1-2H3,(H,19,22). The summed E-state index contributed by atoms with van der Waals surface area (Å²) >= 11 is 0. The number of hydrogen-bond donors (Lipinski definition) is 1. The van der Waals surface area contributed by atoms with E-state index in [0.717, 1.165) is 32.1 Å². The maximum atomic E-state index is 12.6. The van der Waals surface area contributed by atoms with E-state index in [-0.39, 0.29) is 11.3 Å². The van der Waals surface area contributed by atoms with Crippen LogP contribution < -0.4 is 10.9 Å². The van der Waals surface area contributed by atoms with Crippen LogP contribution in [0.15, 0.2) is 23.1 Å². The Kier molecular flexibility index (Phi) is 6.26. The van der Waals surface area contributed by atoms with Crippen LogP contribution in [-0.4, -0.2) is 27.0 Å². The lowest BCUT2D eigenvalue weighted by atomic mass is 10.2.